The molecule has 6 nitrogen and oxygen atoms in total. The minimum atomic E-state index is -1.25. The maximum atomic E-state index is 11.6. The summed E-state index contributed by atoms with van der Waals surface area (Å²) in [7, 11) is 5.63. The SMILES string of the molecule is C[N+](C)(C)CC(CC(=O)[O-])OC(=O)c1ccco1. The van der Waals surface area contributed by atoms with Gasteiger partial charge in [-0.1, -0.05) is 0 Å². The average molecular weight is 255 g/mol. The Kier molecular flexibility index (Phi) is 4.49. The fourth-order valence-electron chi connectivity index (χ4n) is 1.54. The van der Waals surface area contributed by atoms with Crippen LogP contribution in [0, 0.1) is 0 Å². The van der Waals surface area contributed by atoms with Crippen LogP contribution in [-0.2, 0) is 9.53 Å². The van der Waals surface area contributed by atoms with Crippen LogP contribution < -0.4 is 5.11 Å². The number of aliphatic carboxylic acids is 1. The number of nitrogens with zero attached hydrogens (tertiary/aromatic N) is 1. The molecular weight excluding hydrogens is 238 g/mol. The topological polar surface area (TPSA) is 79.6 Å². The smallest absolute Gasteiger partial charge is 0.374 e. The molecule has 0 aliphatic heterocycles. The average Bonchev–Trinajstić information content (AvgIpc) is 2.65. The second-order valence-corrected chi connectivity index (χ2v) is 5.05. The molecular formula is C12H17NO5. The van der Waals surface area contributed by atoms with Crippen LogP contribution in [0.15, 0.2) is 22.8 Å². The summed E-state index contributed by atoms with van der Waals surface area (Å²) in [5.41, 5.74) is 0. The summed E-state index contributed by atoms with van der Waals surface area (Å²) in [5, 5.41) is 10.6. The van der Waals surface area contributed by atoms with E-state index in [-0.39, 0.29) is 12.2 Å². The van der Waals surface area contributed by atoms with Gasteiger partial charge in [0, 0.05) is 12.4 Å². The summed E-state index contributed by atoms with van der Waals surface area (Å²) in [6.07, 6.45) is 0.277. The Bertz CT molecular complexity index is 405. The molecule has 1 heterocycles. The largest absolute Gasteiger partial charge is 0.550 e. The van der Waals surface area contributed by atoms with Crippen LogP contribution >= 0.6 is 0 Å². The van der Waals surface area contributed by atoms with E-state index in [0.29, 0.717) is 11.0 Å². The number of ether oxygens (including phenoxy) is 1. The molecule has 1 aromatic heterocycles. The highest BCUT2D eigenvalue weighted by atomic mass is 16.6. The van der Waals surface area contributed by atoms with Crippen molar-refractivity contribution in [1.82, 2.24) is 0 Å². The van der Waals surface area contributed by atoms with Crippen molar-refractivity contribution in [3.63, 3.8) is 0 Å². The predicted molar refractivity (Wildman–Crippen MR) is 60.4 cm³/mol. The van der Waals surface area contributed by atoms with Gasteiger partial charge in [-0.3, -0.25) is 0 Å². The van der Waals surface area contributed by atoms with E-state index in [0.717, 1.165) is 0 Å². The number of hydrogen-bond donors (Lipinski definition) is 0. The van der Waals surface area contributed by atoms with E-state index in [2.05, 4.69) is 0 Å². The van der Waals surface area contributed by atoms with Crippen molar-refractivity contribution in [2.45, 2.75) is 12.5 Å². The summed E-state index contributed by atoms with van der Waals surface area (Å²) in [6, 6.07) is 3.02. The minimum Gasteiger partial charge on any atom is -0.550 e. The normalized spacial score (nSPS) is 13.1. The Labute approximate surface area is 105 Å². The summed E-state index contributed by atoms with van der Waals surface area (Å²) in [4.78, 5) is 22.3. The predicted octanol–water partition coefficient (Wildman–Crippen LogP) is -0.349. The molecule has 18 heavy (non-hydrogen) atoms. The Hall–Kier alpha value is -1.82. The van der Waals surface area contributed by atoms with E-state index >= 15 is 0 Å². The molecule has 100 valence electrons. The van der Waals surface area contributed by atoms with Crippen molar-refractivity contribution < 1.29 is 28.3 Å². The van der Waals surface area contributed by atoms with Gasteiger partial charge < -0.3 is 23.5 Å². The molecule has 6 heteroatoms. The van der Waals surface area contributed by atoms with Crippen LogP contribution in [-0.4, -0.2) is 50.2 Å². The zero-order chi connectivity index (χ0) is 13.8. The van der Waals surface area contributed by atoms with E-state index in [1.165, 1.54) is 12.3 Å². The molecule has 0 spiro atoms. The van der Waals surface area contributed by atoms with Crippen molar-refractivity contribution in [1.29, 1.82) is 0 Å². The van der Waals surface area contributed by atoms with Crippen molar-refractivity contribution >= 4 is 11.9 Å². The lowest BCUT2D eigenvalue weighted by atomic mass is 10.2. The molecule has 0 N–H and O–H groups in total. The molecule has 1 atom stereocenters. The van der Waals surface area contributed by atoms with Gasteiger partial charge in [0.05, 0.1) is 27.4 Å². The van der Waals surface area contributed by atoms with Crippen LogP contribution in [0.3, 0.4) is 0 Å². The van der Waals surface area contributed by atoms with Crippen LogP contribution in [0.25, 0.3) is 0 Å². The molecule has 1 unspecified atom stereocenters. The zero-order valence-electron chi connectivity index (χ0n) is 10.7. The van der Waals surface area contributed by atoms with Gasteiger partial charge in [-0.05, 0) is 12.1 Å². The van der Waals surface area contributed by atoms with Crippen molar-refractivity contribution in [2.75, 3.05) is 27.7 Å². The van der Waals surface area contributed by atoms with Gasteiger partial charge in [-0.25, -0.2) is 4.79 Å². The molecule has 1 aromatic rings. The van der Waals surface area contributed by atoms with Gasteiger partial charge in [-0.15, -0.1) is 0 Å². The van der Waals surface area contributed by atoms with E-state index in [4.69, 9.17) is 9.15 Å². The Morgan fingerprint density at radius 3 is 2.56 bits per heavy atom. The number of carboxylic acids is 1. The lowest BCUT2D eigenvalue weighted by molar-refractivity contribution is -0.873. The monoisotopic (exact) mass is 255 g/mol. The lowest BCUT2D eigenvalue weighted by Gasteiger charge is -2.29. The Morgan fingerprint density at radius 2 is 2.11 bits per heavy atom. The van der Waals surface area contributed by atoms with E-state index < -0.39 is 18.0 Å². The molecule has 0 radical (unpaired) electrons. The van der Waals surface area contributed by atoms with Crippen molar-refractivity contribution in [3.05, 3.63) is 24.2 Å². The second-order valence-electron chi connectivity index (χ2n) is 5.05. The number of hydrogen-bond acceptors (Lipinski definition) is 5. The second kappa shape index (κ2) is 5.68. The van der Waals surface area contributed by atoms with Crippen molar-refractivity contribution in [2.24, 2.45) is 0 Å². The van der Waals surface area contributed by atoms with Crippen LogP contribution in [0.4, 0.5) is 0 Å². The highest BCUT2D eigenvalue weighted by Crippen LogP contribution is 2.09. The van der Waals surface area contributed by atoms with Crippen LogP contribution in [0.2, 0.25) is 0 Å². The first-order valence-corrected chi connectivity index (χ1v) is 5.53. The Balaban J connectivity index is 2.66. The molecule has 0 saturated carbocycles. The number of rotatable bonds is 6. The third-order valence-corrected chi connectivity index (χ3v) is 2.14. The van der Waals surface area contributed by atoms with Gasteiger partial charge >= 0.3 is 5.97 Å². The van der Waals surface area contributed by atoms with Crippen molar-refractivity contribution in [3.8, 4) is 0 Å². The van der Waals surface area contributed by atoms with Crippen LogP contribution in [0.1, 0.15) is 17.0 Å². The lowest BCUT2D eigenvalue weighted by Crippen LogP contribution is -2.45. The number of carboxylic acid groups (broad SMARTS) is 1. The number of esters is 1. The minimum absolute atomic E-state index is 0.0553. The van der Waals surface area contributed by atoms with E-state index in [1.54, 1.807) is 6.07 Å². The molecule has 0 aromatic carbocycles. The van der Waals surface area contributed by atoms with Gasteiger partial charge in [0.1, 0.15) is 6.54 Å². The molecule has 0 aliphatic rings. The fourth-order valence-corrected chi connectivity index (χ4v) is 1.54. The summed E-state index contributed by atoms with van der Waals surface area (Å²) in [5.74, 6) is -1.86. The standard InChI is InChI=1S/C12H17NO5/c1-13(2,3)8-9(7-11(14)15)18-12(16)10-5-4-6-17-10/h4-6,9H,7-8H2,1-3H3. The molecule has 0 bridgehead atoms. The van der Waals surface area contributed by atoms with E-state index in [9.17, 15) is 14.7 Å². The van der Waals surface area contributed by atoms with Gasteiger partial charge in [0.15, 0.2) is 6.10 Å². The molecule has 0 aliphatic carbocycles. The maximum absolute atomic E-state index is 11.6. The molecule has 0 fully saturated rings. The quantitative estimate of drug-likeness (QED) is 0.513. The first kappa shape index (κ1) is 14.2. The first-order chi connectivity index (χ1) is 8.28. The van der Waals surface area contributed by atoms with Gasteiger partial charge in [-0.2, -0.15) is 0 Å². The summed E-state index contributed by atoms with van der Waals surface area (Å²) < 4.78 is 10.5. The van der Waals surface area contributed by atoms with Gasteiger partial charge in [0.2, 0.25) is 5.76 Å². The highest BCUT2D eigenvalue weighted by Gasteiger charge is 2.24. The fraction of sp³-hybridized carbons (Fsp3) is 0.500. The van der Waals surface area contributed by atoms with Crippen LogP contribution in [0.5, 0.6) is 0 Å². The number of quaternary nitrogens is 1. The van der Waals surface area contributed by atoms with E-state index in [1.807, 2.05) is 21.1 Å². The number of furan rings is 1. The highest BCUT2D eigenvalue weighted by molar-refractivity contribution is 5.86. The number of carbonyl (C=O) groups is 2. The molecule has 0 amide bonds. The molecule has 0 saturated heterocycles. The summed E-state index contributed by atoms with van der Waals surface area (Å²) in [6.45, 7) is 0.375. The molecule has 1 rings (SSSR count). The third-order valence-electron chi connectivity index (χ3n) is 2.14. The zero-order valence-corrected chi connectivity index (χ0v) is 10.7. The maximum Gasteiger partial charge on any atom is 0.374 e. The third kappa shape index (κ3) is 5.01. The summed E-state index contributed by atoms with van der Waals surface area (Å²) >= 11 is 0. The first-order valence-electron chi connectivity index (χ1n) is 5.53. The number of carbonyl (C=O) groups excluding carboxylic acids is 2. The van der Waals surface area contributed by atoms with Gasteiger partial charge in [0.25, 0.3) is 0 Å². The Morgan fingerprint density at radius 1 is 1.44 bits per heavy atom. The number of likely N-dealkylation sites (N-methyl/N-ethyl adjacent to an activating group) is 1.